The highest BCUT2D eigenvalue weighted by Crippen LogP contribution is 2.24. The molecule has 5 nitrogen and oxygen atoms in total. The highest BCUT2D eigenvalue weighted by Gasteiger charge is 2.27. The van der Waals surface area contributed by atoms with E-state index >= 15 is 0 Å². The van der Waals surface area contributed by atoms with Crippen molar-refractivity contribution in [1.82, 2.24) is 14.5 Å². The first-order chi connectivity index (χ1) is 7.68. The van der Waals surface area contributed by atoms with E-state index < -0.39 is 0 Å². The Morgan fingerprint density at radius 1 is 1.65 bits per heavy atom. The van der Waals surface area contributed by atoms with E-state index in [1.807, 2.05) is 20.2 Å². The zero-order valence-corrected chi connectivity index (χ0v) is 12.7. The van der Waals surface area contributed by atoms with Crippen LogP contribution < -0.4 is 5.73 Å². The summed E-state index contributed by atoms with van der Waals surface area (Å²) < 4.78 is 2.08. The van der Waals surface area contributed by atoms with Gasteiger partial charge in [-0.15, -0.1) is 24.0 Å². The first-order valence-electron chi connectivity index (χ1n) is 5.69. The number of nitrogens with two attached hydrogens (primary N) is 1. The Balaban J connectivity index is 0.00000144. The molecular formula is C11H20IN5. The lowest BCUT2D eigenvalue weighted by molar-refractivity contribution is 0.486. The number of hydrogen-bond donors (Lipinski definition) is 1. The van der Waals surface area contributed by atoms with Crippen LogP contribution in [0.15, 0.2) is 17.4 Å². The number of hydrogen-bond acceptors (Lipinski definition) is 2. The van der Waals surface area contributed by atoms with Crippen molar-refractivity contribution in [3.05, 3.63) is 18.2 Å². The summed E-state index contributed by atoms with van der Waals surface area (Å²) in [6.45, 7) is 3.54. The standard InChI is InChI=1S/C11H19N5.HI/c1-9-13-5-7-16(9)8-6-14-11(12)15(2)10-3-4-10;/h5,7,10H,3-4,6,8H2,1-2H3,(H2,12,14);1H. The number of guanidine groups is 1. The van der Waals surface area contributed by atoms with E-state index in [4.69, 9.17) is 5.73 Å². The Kier molecular flexibility index (Phi) is 5.23. The van der Waals surface area contributed by atoms with Crippen molar-refractivity contribution >= 4 is 29.9 Å². The molecule has 1 aliphatic rings. The molecule has 1 fully saturated rings. The third-order valence-electron chi connectivity index (χ3n) is 2.99. The van der Waals surface area contributed by atoms with Gasteiger partial charge in [-0.25, -0.2) is 4.98 Å². The molecule has 17 heavy (non-hydrogen) atoms. The summed E-state index contributed by atoms with van der Waals surface area (Å²) in [6.07, 6.45) is 6.26. The predicted molar refractivity (Wildman–Crippen MR) is 79.7 cm³/mol. The quantitative estimate of drug-likeness (QED) is 0.505. The van der Waals surface area contributed by atoms with Crippen LogP contribution in [0, 0.1) is 6.92 Å². The number of aryl methyl sites for hydroxylation is 1. The second-order valence-electron chi connectivity index (χ2n) is 4.25. The lowest BCUT2D eigenvalue weighted by atomic mass is 10.5. The smallest absolute Gasteiger partial charge is 0.191 e. The van der Waals surface area contributed by atoms with Crippen LogP contribution in [-0.2, 0) is 6.54 Å². The maximum atomic E-state index is 5.89. The van der Waals surface area contributed by atoms with Gasteiger partial charge in [0.15, 0.2) is 5.96 Å². The van der Waals surface area contributed by atoms with Gasteiger partial charge in [-0.2, -0.15) is 0 Å². The Morgan fingerprint density at radius 2 is 2.35 bits per heavy atom. The van der Waals surface area contributed by atoms with Crippen molar-refractivity contribution in [2.24, 2.45) is 10.7 Å². The summed E-state index contributed by atoms with van der Waals surface area (Å²) >= 11 is 0. The van der Waals surface area contributed by atoms with Gasteiger partial charge in [0.2, 0.25) is 0 Å². The average Bonchev–Trinajstić information content (AvgIpc) is 3.03. The average molecular weight is 349 g/mol. The molecule has 0 amide bonds. The third kappa shape index (κ3) is 3.86. The Labute approximate surface area is 119 Å². The Bertz CT molecular complexity index is 383. The van der Waals surface area contributed by atoms with Crippen LogP contribution in [0.5, 0.6) is 0 Å². The minimum absolute atomic E-state index is 0. The second kappa shape index (κ2) is 6.23. The topological polar surface area (TPSA) is 59.4 Å². The molecule has 1 saturated carbocycles. The summed E-state index contributed by atoms with van der Waals surface area (Å²) in [5, 5.41) is 0. The van der Waals surface area contributed by atoms with Gasteiger partial charge in [-0.3, -0.25) is 4.99 Å². The summed E-state index contributed by atoms with van der Waals surface area (Å²) in [6, 6.07) is 0.624. The van der Waals surface area contributed by atoms with Gasteiger partial charge >= 0.3 is 0 Å². The molecule has 1 aliphatic carbocycles. The Hall–Kier alpha value is -0.790. The number of aromatic nitrogens is 2. The van der Waals surface area contributed by atoms with Gasteiger partial charge in [0, 0.05) is 32.0 Å². The van der Waals surface area contributed by atoms with Crippen molar-refractivity contribution < 1.29 is 0 Å². The van der Waals surface area contributed by atoms with Crippen molar-refractivity contribution in [1.29, 1.82) is 0 Å². The number of nitrogens with zero attached hydrogens (tertiary/aromatic N) is 4. The molecule has 0 bridgehead atoms. The van der Waals surface area contributed by atoms with Gasteiger partial charge < -0.3 is 15.2 Å². The van der Waals surface area contributed by atoms with E-state index in [1.165, 1.54) is 12.8 Å². The van der Waals surface area contributed by atoms with Crippen LogP contribution in [0.1, 0.15) is 18.7 Å². The number of halogens is 1. The van der Waals surface area contributed by atoms with E-state index in [-0.39, 0.29) is 24.0 Å². The molecule has 2 N–H and O–H groups in total. The number of aliphatic imine (C=N–C) groups is 1. The lowest BCUT2D eigenvalue weighted by Gasteiger charge is -2.16. The monoisotopic (exact) mass is 349 g/mol. The van der Waals surface area contributed by atoms with Crippen molar-refractivity contribution in [3.63, 3.8) is 0 Å². The summed E-state index contributed by atoms with van der Waals surface area (Å²) in [4.78, 5) is 10.6. The van der Waals surface area contributed by atoms with E-state index in [0.29, 0.717) is 18.5 Å². The molecule has 96 valence electrons. The number of imidazole rings is 1. The maximum absolute atomic E-state index is 5.89. The zero-order chi connectivity index (χ0) is 11.5. The normalized spacial score (nSPS) is 15.5. The maximum Gasteiger partial charge on any atom is 0.191 e. The molecule has 0 radical (unpaired) electrons. The zero-order valence-electron chi connectivity index (χ0n) is 10.3. The van der Waals surface area contributed by atoms with Crippen LogP contribution in [0.4, 0.5) is 0 Å². The van der Waals surface area contributed by atoms with Crippen LogP contribution in [0.25, 0.3) is 0 Å². The summed E-state index contributed by atoms with van der Waals surface area (Å²) in [5.41, 5.74) is 5.89. The Morgan fingerprint density at radius 3 is 2.88 bits per heavy atom. The summed E-state index contributed by atoms with van der Waals surface area (Å²) in [7, 11) is 2.01. The van der Waals surface area contributed by atoms with Crippen LogP contribution >= 0.6 is 24.0 Å². The lowest BCUT2D eigenvalue weighted by Crippen LogP contribution is -2.35. The molecule has 6 heteroatoms. The van der Waals surface area contributed by atoms with Gasteiger partial charge in [-0.1, -0.05) is 0 Å². The van der Waals surface area contributed by atoms with Crippen molar-refractivity contribution in [2.75, 3.05) is 13.6 Å². The molecule has 1 heterocycles. The van der Waals surface area contributed by atoms with E-state index in [1.54, 1.807) is 6.20 Å². The minimum atomic E-state index is 0. The molecule has 0 spiro atoms. The molecule has 0 atom stereocenters. The summed E-state index contributed by atoms with van der Waals surface area (Å²) in [5.74, 6) is 1.67. The number of rotatable bonds is 4. The molecule has 0 aromatic carbocycles. The first kappa shape index (κ1) is 14.3. The molecule has 0 aliphatic heterocycles. The molecule has 2 rings (SSSR count). The fourth-order valence-corrected chi connectivity index (χ4v) is 1.67. The molecule has 1 aromatic rings. The molecule has 0 saturated heterocycles. The fraction of sp³-hybridized carbons (Fsp3) is 0.636. The highest BCUT2D eigenvalue weighted by atomic mass is 127. The van der Waals surface area contributed by atoms with Crippen molar-refractivity contribution in [3.8, 4) is 0 Å². The minimum Gasteiger partial charge on any atom is -0.370 e. The first-order valence-corrected chi connectivity index (χ1v) is 5.69. The highest BCUT2D eigenvalue weighted by molar-refractivity contribution is 14.0. The molecular weight excluding hydrogens is 329 g/mol. The predicted octanol–water partition coefficient (Wildman–Crippen LogP) is 1.22. The van der Waals surface area contributed by atoms with Gasteiger partial charge in [0.1, 0.15) is 5.82 Å². The molecule has 1 aromatic heterocycles. The largest absolute Gasteiger partial charge is 0.370 e. The van der Waals surface area contributed by atoms with E-state index in [2.05, 4.69) is 19.4 Å². The van der Waals surface area contributed by atoms with E-state index in [9.17, 15) is 0 Å². The SMILES string of the molecule is Cc1nccn1CCN=C(N)N(C)C1CC1.I. The third-order valence-corrected chi connectivity index (χ3v) is 2.99. The van der Waals surface area contributed by atoms with Gasteiger partial charge in [0.25, 0.3) is 0 Å². The van der Waals surface area contributed by atoms with Crippen LogP contribution in [0.2, 0.25) is 0 Å². The fourth-order valence-electron chi connectivity index (χ4n) is 1.67. The molecule has 0 unspecified atom stereocenters. The van der Waals surface area contributed by atoms with Gasteiger partial charge in [-0.05, 0) is 19.8 Å². The van der Waals surface area contributed by atoms with E-state index in [0.717, 1.165) is 12.4 Å². The van der Waals surface area contributed by atoms with Crippen LogP contribution in [-0.4, -0.2) is 40.0 Å². The second-order valence-corrected chi connectivity index (χ2v) is 4.25. The van der Waals surface area contributed by atoms with Crippen LogP contribution in [0.3, 0.4) is 0 Å². The van der Waals surface area contributed by atoms with Crippen molar-refractivity contribution in [2.45, 2.75) is 32.4 Å². The van der Waals surface area contributed by atoms with Gasteiger partial charge in [0.05, 0.1) is 6.54 Å².